The Morgan fingerprint density at radius 1 is 1.43 bits per heavy atom. The molecule has 3 rings (SSSR count). The van der Waals surface area contributed by atoms with E-state index in [-0.39, 0.29) is 11.4 Å². The maximum atomic E-state index is 12.3. The number of nitrogens with zero attached hydrogens (tertiary/aromatic N) is 2. The number of aromatic nitrogens is 2. The molecule has 0 saturated heterocycles. The standard InChI is InChI=1S/C14H17N3O2S2/c1-14(2,3)17-12(9-7-21(19)8-10(9)16-17)15-13(18)11-5-4-6-20-11/h4-6H,7-8H2,1-3H3,(H,15,18)/t21-/m0/s1. The first kappa shape index (κ1) is 14.5. The zero-order chi connectivity index (χ0) is 15.2. The highest BCUT2D eigenvalue weighted by Crippen LogP contribution is 2.33. The number of rotatable bonds is 2. The number of thiophene rings is 1. The van der Waals surface area contributed by atoms with Gasteiger partial charge in [-0.25, -0.2) is 4.68 Å². The van der Waals surface area contributed by atoms with E-state index < -0.39 is 10.8 Å². The summed E-state index contributed by atoms with van der Waals surface area (Å²) in [6.45, 7) is 6.10. The van der Waals surface area contributed by atoms with Gasteiger partial charge in [0.1, 0.15) is 5.82 Å². The van der Waals surface area contributed by atoms with Gasteiger partial charge in [0, 0.05) is 16.4 Å². The molecule has 0 bridgehead atoms. The van der Waals surface area contributed by atoms with E-state index in [4.69, 9.17) is 0 Å². The summed E-state index contributed by atoms with van der Waals surface area (Å²) >= 11 is 1.40. The number of hydrogen-bond acceptors (Lipinski definition) is 4. The van der Waals surface area contributed by atoms with Crippen molar-refractivity contribution in [2.24, 2.45) is 0 Å². The summed E-state index contributed by atoms with van der Waals surface area (Å²) < 4.78 is 13.6. The first-order valence-corrected chi connectivity index (χ1v) is 9.04. The number of carbonyl (C=O) groups is 1. The average Bonchev–Trinajstić information content (AvgIpc) is 3.05. The SMILES string of the molecule is CC(C)(C)n1nc2c(c1NC(=O)c1cccs1)C[S@](=O)C2. The van der Waals surface area contributed by atoms with Crippen LogP contribution in [0.5, 0.6) is 0 Å². The van der Waals surface area contributed by atoms with Crippen LogP contribution >= 0.6 is 11.3 Å². The average molecular weight is 323 g/mol. The molecule has 0 radical (unpaired) electrons. The zero-order valence-corrected chi connectivity index (χ0v) is 13.8. The third kappa shape index (κ3) is 2.67. The lowest BCUT2D eigenvalue weighted by Gasteiger charge is -2.23. The van der Waals surface area contributed by atoms with Gasteiger partial charge in [-0.2, -0.15) is 5.10 Å². The molecule has 0 unspecified atom stereocenters. The van der Waals surface area contributed by atoms with Crippen molar-refractivity contribution in [3.63, 3.8) is 0 Å². The summed E-state index contributed by atoms with van der Waals surface area (Å²) in [6.07, 6.45) is 0. The number of hydrogen-bond donors (Lipinski definition) is 1. The fourth-order valence-corrected chi connectivity index (χ4v) is 4.20. The van der Waals surface area contributed by atoms with Crippen molar-refractivity contribution < 1.29 is 9.00 Å². The van der Waals surface area contributed by atoms with Gasteiger partial charge >= 0.3 is 0 Å². The molecule has 0 saturated carbocycles. The Hall–Kier alpha value is -1.47. The van der Waals surface area contributed by atoms with Crippen LogP contribution in [0.4, 0.5) is 5.82 Å². The molecule has 3 heterocycles. The number of carbonyl (C=O) groups excluding carboxylic acids is 1. The van der Waals surface area contributed by atoms with E-state index in [9.17, 15) is 9.00 Å². The first-order valence-electron chi connectivity index (χ1n) is 6.67. The highest BCUT2D eigenvalue weighted by Gasteiger charge is 2.31. The van der Waals surface area contributed by atoms with E-state index in [2.05, 4.69) is 10.4 Å². The molecule has 1 aliphatic heterocycles. The van der Waals surface area contributed by atoms with Crippen LogP contribution in [0.15, 0.2) is 17.5 Å². The Balaban J connectivity index is 2.00. The number of anilines is 1. The minimum absolute atomic E-state index is 0.143. The maximum absolute atomic E-state index is 12.3. The molecule has 1 aliphatic rings. The minimum atomic E-state index is -0.910. The lowest BCUT2D eigenvalue weighted by atomic mass is 10.1. The second kappa shape index (κ2) is 5.06. The third-order valence-electron chi connectivity index (χ3n) is 3.28. The summed E-state index contributed by atoms with van der Waals surface area (Å²) in [6, 6.07) is 3.64. The number of amides is 1. The van der Waals surface area contributed by atoms with Crippen molar-refractivity contribution >= 4 is 33.9 Å². The summed E-state index contributed by atoms with van der Waals surface area (Å²) in [4.78, 5) is 13.0. The Labute approximate surface area is 129 Å². The quantitative estimate of drug-likeness (QED) is 0.924. The fraction of sp³-hybridized carbons (Fsp3) is 0.429. The Bertz CT molecular complexity index is 711. The molecule has 7 heteroatoms. The molecule has 1 amide bonds. The first-order chi connectivity index (χ1) is 9.86. The highest BCUT2D eigenvalue weighted by atomic mass is 32.2. The number of fused-ring (bicyclic) bond motifs is 1. The van der Waals surface area contributed by atoms with Gasteiger partial charge < -0.3 is 5.32 Å². The van der Waals surface area contributed by atoms with Crippen LogP contribution in [0.2, 0.25) is 0 Å². The maximum Gasteiger partial charge on any atom is 0.266 e. The second-order valence-electron chi connectivity index (χ2n) is 6.02. The topological polar surface area (TPSA) is 64.0 Å². The molecule has 0 fully saturated rings. The van der Waals surface area contributed by atoms with Gasteiger partial charge in [-0.1, -0.05) is 6.07 Å². The number of nitrogens with one attached hydrogen (secondary N) is 1. The van der Waals surface area contributed by atoms with Crippen LogP contribution in [0, 0.1) is 0 Å². The molecule has 5 nitrogen and oxygen atoms in total. The van der Waals surface area contributed by atoms with Gasteiger partial charge in [-0.15, -0.1) is 11.3 Å². The zero-order valence-electron chi connectivity index (χ0n) is 12.2. The predicted molar refractivity (Wildman–Crippen MR) is 85.0 cm³/mol. The molecule has 0 aromatic carbocycles. The lowest BCUT2D eigenvalue weighted by Crippen LogP contribution is -2.27. The van der Waals surface area contributed by atoms with E-state index in [1.54, 1.807) is 6.07 Å². The van der Waals surface area contributed by atoms with Gasteiger partial charge in [0.25, 0.3) is 5.91 Å². The van der Waals surface area contributed by atoms with E-state index in [0.717, 1.165) is 11.3 Å². The smallest absolute Gasteiger partial charge is 0.266 e. The summed E-state index contributed by atoms with van der Waals surface area (Å²) in [5.74, 6) is 1.48. The highest BCUT2D eigenvalue weighted by molar-refractivity contribution is 7.83. The van der Waals surface area contributed by atoms with E-state index in [1.165, 1.54) is 11.3 Å². The van der Waals surface area contributed by atoms with E-state index in [0.29, 0.717) is 22.2 Å². The molecule has 1 atom stereocenters. The van der Waals surface area contributed by atoms with Gasteiger partial charge in [0.05, 0.1) is 27.6 Å². The minimum Gasteiger partial charge on any atom is -0.306 e. The third-order valence-corrected chi connectivity index (χ3v) is 5.36. The fourth-order valence-electron chi connectivity index (χ4n) is 2.32. The Morgan fingerprint density at radius 3 is 2.81 bits per heavy atom. The summed E-state index contributed by atoms with van der Waals surface area (Å²) in [5.41, 5.74) is 1.50. The van der Waals surface area contributed by atoms with Crippen molar-refractivity contribution in [2.75, 3.05) is 5.32 Å². The van der Waals surface area contributed by atoms with Crippen LogP contribution < -0.4 is 5.32 Å². The van der Waals surface area contributed by atoms with Crippen LogP contribution in [-0.4, -0.2) is 19.9 Å². The van der Waals surface area contributed by atoms with Crippen LogP contribution in [0.1, 0.15) is 41.7 Å². The van der Waals surface area contributed by atoms with Gasteiger partial charge in [-0.05, 0) is 32.2 Å². The molecule has 0 spiro atoms. The molecule has 2 aromatic heterocycles. The Morgan fingerprint density at radius 2 is 2.19 bits per heavy atom. The van der Waals surface area contributed by atoms with Crippen molar-refractivity contribution in [3.05, 3.63) is 33.6 Å². The molecule has 0 aliphatic carbocycles. The monoisotopic (exact) mass is 323 g/mol. The predicted octanol–water partition coefficient (Wildman–Crippen LogP) is 2.71. The van der Waals surface area contributed by atoms with Crippen molar-refractivity contribution in [1.29, 1.82) is 0 Å². The van der Waals surface area contributed by atoms with Gasteiger partial charge in [0.15, 0.2) is 0 Å². The molecule has 112 valence electrons. The van der Waals surface area contributed by atoms with Crippen LogP contribution in [-0.2, 0) is 27.8 Å². The van der Waals surface area contributed by atoms with Gasteiger partial charge in [-0.3, -0.25) is 9.00 Å². The molecule has 21 heavy (non-hydrogen) atoms. The summed E-state index contributed by atoms with van der Waals surface area (Å²) in [5, 5.41) is 9.39. The van der Waals surface area contributed by atoms with Crippen LogP contribution in [0.3, 0.4) is 0 Å². The van der Waals surface area contributed by atoms with Crippen molar-refractivity contribution in [3.8, 4) is 0 Å². The normalized spacial score (nSPS) is 17.8. The largest absolute Gasteiger partial charge is 0.306 e. The Kier molecular flexibility index (Phi) is 3.49. The van der Waals surface area contributed by atoms with Gasteiger partial charge in [0.2, 0.25) is 0 Å². The molecular weight excluding hydrogens is 306 g/mol. The molecule has 2 aromatic rings. The van der Waals surface area contributed by atoms with Crippen molar-refractivity contribution in [2.45, 2.75) is 37.8 Å². The second-order valence-corrected chi connectivity index (χ2v) is 8.42. The van der Waals surface area contributed by atoms with Crippen molar-refractivity contribution in [1.82, 2.24) is 9.78 Å². The van der Waals surface area contributed by atoms with E-state index in [1.807, 2.05) is 36.9 Å². The summed E-state index contributed by atoms with van der Waals surface area (Å²) in [7, 11) is -0.910. The van der Waals surface area contributed by atoms with E-state index >= 15 is 0 Å². The van der Waals surface area contributed by atoms with Crippen LogP contribution in [0.25, 0.3) is 0 Å². The molecular formula is C14H17N3O2S2. The molecule has 1 N–H and O–H groups in total. The lowest BCUT2D eigenvalue weighted by molar-refractivity contribution is 0.102.